The van der Waals surface area contributed by atoms with Crippen molar-refractivity contribution in [3.63, 3.8) is 0 Å². The van der Waals surface area contributed by atoms with Crippen molar-refractivity contribution in [3.05, 3.63) is 0 Å². The van der Waals surface area contributed by atoms with Gasteiger partial charge in [0.25, 0.3) is 0 Å². The van der Waals surface area contributed by atoms with Crippen LogP contribution in [-0.4, -0.2) is 44.4 Å². The SMILES string of the molecule is CCCCCCCCCCCCC(CC)OC(=O)OCCCN(C)C. The molecule has 1 atom stereocenters. The molecule has 0 saturated carbocycles. The number of carbonyl (C=O) groups excluding carboxylic acids is 1. The summed E-state index contributed by atoms with van der Waals surface area (Å²) in [4.78, 5) is 13.8. The van der Waals surface area contributed by atoms with E-state index in [1.54, 1.807) is 0 Å². The third kappa shape index (κ3) is 17.8. The molecule has 0 aromatic heterocycles. The molecule has 0 radical (unpaired) electrons. The average Bonchev–Trinajstić information content (AvgIpc) is 2.59. The average molecular weight is 358 g/mol. The van der Waals surface area contributed by atoms with E-state index in [-0.39, 0.29) is 6.10 Å². The van der Waals surface area contributed by atoms with Crippen molar-refractivity contribution >= 4 is 6.16 Å². The predicted molar refractivity (Wildman–Crippen MR) is 106 cm³/mol. The Hall–Kier alpha value is -0.770. The number of rotatable bonds is 17. The van der Waals surface area contributed by atoms with Gasteiger partial charge in [0.2, 0.25) is 0 Å². The number of hydrogen-bond acceptors (Lipinski definition) is 4. The zero-order chi connectivity index (χ0) is 18.8. The van der Waals surface area contributed by atoms with Crippen LogP contribution in [0.25, 0.3) is 0 Å². The fourth-order valence-electron chi connectivity index (χ4n) is 2.91. The maximum Gasteiger partial charge on any atom is 0.508 e. The monoisotopic (exact) mass is 357 g/mol. The Kier molecular flexibility index (Phi) is 17.5. The van der Waals surface area contributed by atoms with E-state index in [0.29, 0.717) is 6.61 Å². The van der Waals surface area contributed by atoms with Gasteiger partial charge >= 0.3 is 6.16 Å². The van der Waals surface area contributed by atoms with E-state index in [0.717, 1.165) is 32.2 Å². The van der Waals surface area contributed by atoms with Crippen molar-refractivity contribution in [2.75, 3.05) is 27.2 Å². The van der Waals surface area contributed by atoms with Crippen LogP contribution in [0.15, 0.2) is 0 Å². The fourth-order valence-corrected chi connectivity index (χ4v) is 2.91. The standard InChI is InChI=1S/C21H43NO3/c1-5-7-8-9-10-11-12-13-14-15-17-20(6-2)25-21(23)24-19-16-18-22(3)4/h20H,5-19H2,1-4H3. The van der Waals surface area contributed by atoms with Crippen LogP contribution in [0.5, 0.6) is 0 Å². The Morgan fingerprint density at radius 3 is 1.92 bits per heavy atom. The first-order chi connectivity index (χ1) is 12.1. The molecule has 0 aliphatic rings. The molecule has 0 aromatic rings. The number of hydrogen-bond donors (Lipinski definition) is 0. The van der Waals surface area contributed by atoms with E-state index in [2.05, 4.69) is 18.7 Å². The van der Waals surface area contributed by atoms with Crippen LogP contribution in [0.3, 0.4) is 0 Å². The molecule has 0 aromatic carbocycles. The van der Waals surface area contributed by atoms with Crippen molar-refractivity contribution < 1.29 is 14.3 Å². The summed E-state index contributed by atoms with van der Waals surface area (Å²) in [6.45, 7) is 5.69. The van der Waals surface area contributed by atoms with E-state index in [4.69, 9.17) is 9.47 Å². The zero-order valence-corrected chi connectivity index (χ0v) is 17.4. The Labute approximate surface area is 156 Å². The second kappa shape index (κ2) is 18.0. The number of nitrogens with zero attached hydrogens (tertiary/aromatic N) is 1. The minimum atomic E-state index is -0.502. The van der Waals surface area contributed by atoms with Gasteiger partial charge in [0.05, 0.1) is 6.61 Å². The lowest BCUT2D eigenvalue weighted by Crippen LogP contribution is -2.20. The van der Waals surface area contributed by atoms with Crippen molar-refractivity contribution in [3.8, 4) is 0 Å². The molecule has 0 bridgehead atoms. The Bertz CT molecular complexity index is 295. The summed E-state index contributed by atoms with van der Waals surface area (Å²) in [5.74, 6) is 0. The molecular formula is C21H43NO3. The lowest BCUT2D eigenvalue weighted by Gasteiger charge is -2.16. The smallest absolute Gasteiger partial charge is 0.434 e. The minimum Gasteiger partial charge on any atom is -0.434 e. The Morgan fingerprint density at radius 1 is 0.840 bits per heavy atom. The molecule has 0 N–H and O–H groups in total. The van der Waals surface area contributed by atoms with Gasteiger partial charge in [-0.1, -0.05) is 71.6 Å². The summed E-state index contributed by atoms with van der Waals surface area (Å²) in [7, 11) is 4.02. The van der Waals surface area contributed by atoms with Gasteiger partial charge in [-0.05, 0) is 39.8 Å². The molecule has 4 heteroatoms. The molecule has 0 aliphatic carbocycles. The van der Waals surface area contributed by atoms with Crippen molar-refractivity contribution in [1.82, 2.24) is 4.90 Å². The van der Waals surface area contributed by atoms with E-state index in [9.17, 15) is 4.79 Å². The van der Waals surface area contributed by atoms with Gasteiger partial charge in [-0.25, -0.2) is 4.79 Å². The lowest BCUT2D eigenvalue weighted by atomic mass is 10.0. The summed E-state index contributed by atoms with van der Waals surface area (Å²) in [5, 5.41) is 0. The summed E-state index contributed by atoms with van der Waals surface area (Å²) in [5.41, 5.74) is 0. The van der Waals surface area contributed by atoms with E-state index in [1.807, 2.05) is 14.1 Å². The van der Waals surface area contributed by atoms with E-state index >= 15 is 0 Å². The van der Waals surface area contributed by atoms with Crippen molar-refractivity contribution in [1.29, 1.82) is 0 Å². The molecule has 150 valence electrons. The molecule has 0 amide bonds. The van der Waals surface area contributed by atoms with Gasteiger partial charge in [-0.15, -0.1) is 0 Å². The molecular weight excluding hydrogens is 314 g/mol. The zero-order valence-electron chi connectivity index (χ0n) is 17.4. The molecule has 0 aliphatic heterocycles. The van der Waals surface area contributed by atoms with E-state index < -0.39 is 6.16 Å². The second-order valence-corrected chi connectivity index (χ2v) is 7.37. The third-order valence-electron chi connectivity index (χ3n) is 4.57. The highest BCUT2D eigenvalue weighted by molar-refractivity contribution is 5.60. The molecule has 0 fully saturated rings. The van der Waals surface area contributed by atoms with Crippen molar-refractivity contribution in [2.45, 2.75) is 103 Å². The normalized spacial score (nSPS) is 12.4. The van der Waals surface area contributed by atoms with Crippen LogP contribution in [0, 0.1) is 0 Å². The predicted octanol–water partition coefficient (Wildman–Crippen LogP) is 6.18. The molecule has 0 heterocycles. The van der Waals surface area contributed by atoms with Gasteiger partial charge in [0.1, 0.15) is 6.10 Å². The quantitative estimate of drug-likeness (QED) is 0.230. The largest absolute Gasteiger partial charge is 0.508 e. The fraction of sp³-hybridized carbons (Fsp3) is 0.952. The molecule has 0 rings (SSSR count). The summed E-state index contributed by atoms with van der Waals surface area (Å²) < 4.78 is 10.6. The molecule has 1 unspecified atom stereocenters. The molecule has 0 spiro atoms. The van der Waals surface area contributed by atoms with Crippen LogP contribution < -0.4 is 0 Å². The van der Waals surface area contributed by atoms with Gasteiger partial charge in [-0.3, -0.25) is 0 Å². The highest BCUT2D eigenvalue weighted by atomic mass is 16.7. The van der Waals surface area contributed by atoms with Crippen LogP contribution >= 0.6 is 0 Å². The van der Waals surface area contributed by atoms with Gasteiger partial charge < -0.3 is 14.4 Å². The number of ether oxygens (including phenoxy) is 2. The summed E-state index contributed by atoms with van der Waals surface area (Å²) in [6, 6.07) is 0. The van der Waals surface area contributed by atoms with Crippen molar-refractivity contribution in [2.24, 2.45) is 0 Å². The molecule has 25 heavy (non-hydrogen) atoms. The topological polar surface area (TPSA) is 38.8 Å². The first-order valence-corrected chi connectivity index (χ1v) is 10.6. The first kappa shape index (κ1) is 24.2. The summed E-state index contributed by atoms with van der Waals surface area (Å²) in [6.07, 6.45) is 15.5. The van der Waals surface area contributed by atoms with Gasteiger partial charge in [0, 0.05) is 6.54 Å². The first-order valence-electron chi connectivity index (χ1n) is 10.6. The third-order valence-corrected chi connectivity index (χ3v) is 4.57. The number of carbonyl (C=O) groups is 1. The van der Waals surface area contributed by atoms with Crippen LogP contribution in [0.4, 0.5) is 4.79 Å². The van der Waals surface area contributed by atoms with Crippen LogP contribution in [0.1, 0.15) is 97.3 Å². The maximum atomic E-state index is 11.7. The van der Waals surface area contributed by atoms with Crippen LogP contribution in [-0.2, 0) is 9.47 Å². The molecule has 4 nitrogen and oxygen atoms in total. The second-order valence-electron chi connectivity index (χ2n) is 7.37. The lowest BCUT2D eigenvalue weighted by molar-refractivity contribution is 0.0174. The van der Waals surface area contributed by atoms with E-state index in [1.165, 1.54) is 57.8 Å². The minimum absolute atomic E-state index is 0.00962. The highest BCUT2D eigenvalue weighted by Gasteiger charge is 2.13. The maximum absolute atomic E-state index is 11.7. The Morgan fingerprint density at radius 2 is 1.40 bits per heavy atom. The van der Waals surface area contributed by atoms with Gasteiger partial charge in [-0.2, -0.15) is 0 Å². The highest BCUT2D eigenvalue weighted by Crippen LogP contribution is 2.14. The number of unbranched alkanes of at least 4 members (excludes halogenated alkanes) is 9. The summed E-state index contributed by atoms with van der Waals surface area (Å²) >= 11 is 0. The van der Waals surface area contributed by atoms with Gasteiger partial charge in [0.15, 0.2) is 0 Å². The van der Waals surface area contributed by atoms with Crippen LogP contribution in [0.2, 0.25) is 0 Å². The Balaban J connectivity index is 3.50. The molecule has 0 saturated heterocycles.